The summed E-state index contributed by atoms with van der Waals surface area (Å²) in [6, 6.07) is 0. The number of likely N-dealkylation sites (tertiary alicyclic amines) is 1. The van der Waals surface area contributed by atoms with Gasteiger partial charge in [0.25, 0.3) is 0 Å². The van der Waals surface area contributed by atoms with Crippen molar-refractivity contribution in [3.8, 4) is 0 Å². The molecule has 3 nitrogen and oxygen atoms in total. The Morgan fingerprint density at radius 1 is 1.50 bits per heavy atom. The van der Waals surface area contributed by atoms with Gasteiger partial charge in [-0.1, -0.05) is 0 Å². The van der Waals surface area contributed by atoms with E-state index in [2.05, 4.69) is 4.90 Å². The van der Waals surface area contributed by atoms with Crippen LogP contribution >= 0.6 is 0 Å². The molecule has 0 spiro atoms. The maximum Gasteiger partial charge on any atom is 0.0793 e. The molecule has 2 rings (SSSR count). The molecule has 1 saturated heterocycles. The van der Waals surface area contributed by atoms with Crippen LogP contribution in [0.3, 0.4) is 0 Å². The van der Waals surface area contributed by atoms with E-state index in [4.69, 9.17) is 10.8 Å². The molecule has 10 heavy (non-hydrogen) atoms. The Morgan fingerprint density at radius 2 is 2.10 bits per heavy atom. The fourth-order valence-electron chi connectivity index (χ4n) is 1.44. The van der Waals surface area contributed by atoms with Crippen LogP contribution < -0.4 is 5.73 Å². The summed E-state index contributed by atoms with van der Waals surface area (Å²) in [5, 5.41) is 8.95. The molecule has 2 aliphatic rings. The fourth-order valence-corrected chi connectivity index (χ4v) is 1.44. The van der Waals surface area contributed by atoms with Gasteiger partial charge < -0.3 is 10.8 Å². The zero-order valence-corrected chi connectivity index (χ0v) is 6.08. The summed E-state index contributed by atoms with van der Waals surface area (Å²) in [6.45, 7) is 2.65. The molecule has 0 unspecified atom stereocenters. The van der Waals surface area contributed by atoms with Crippen LogP contribution in [0.4, 0.5) is 0 Å². The highest BCUT2D eigenvalue weighted by Crippen LogP contribution is 2.33. The van der Waals surface area contributed by atoms with Gasteiger partial charge in [-0.2, -0.15) is 0 Å². The van der Waals surface area contributed by atoms with Crippen LogP contribution in [0.1, 0.15) is 12.8 Å². The molecule has 0 aromatic heterocycles. The van der Waals surface area contributed by atoms with Crippen LogP contribution in [0.5, 0.6) is 0 Å². The van der Waals surface area contributed by atoms with Gasteiger partial charge in [0.15, 0.2) is 0 Å². The number of nitrogens with two attached hydrogens (primary N) is 1. The summed E-state index contributed by atoms with van der Waals surface area (Å²) in [4.78, 5) is 2.22. The Hall–Kier alpha value is -0.120. The van der Waals surface area contributed by atoms with E-state index in [0.717, 1.165) is 19.6 Å². The number of β-amino-alcohol motifs (C(OH)–C–C–N with tert-alkyl or cyclic N) is 1. The fraction of sp³-hybridized carbons (Fsp3) is 1.00. The predicted molar refractivity (Wildman–Crippen MR) is 38.6 cm³/mol. The Morgan fingerprint density at radius 3 is 2.50 bits per heavy atom. The second-order valence-corrected chi connectivity index (χ2v) is 3.71. The summed E-state index contributed by atoms with van der Waals surface area (Å²) in [5.74, 6) is 0. The molecule has 2 fully saturated rings. The maximum atomic E-state index is 8.95. The Labute approximate surface area is 60.8 Å². The number of aliphatic hydroxyl groups excluding tert-OH is 1. The van der Waals surface area contributed by atoms with Gasteiger partial charge >= 0.3 is 0 Å². The highest BCUT2D eigenvalue weighted by molar-refractivity contribution is 5.02. The zero-order valence-electron chi connectivity index (χ0n) is 6.08. The maximum absolute atomic E-state index is 8.95. The van der Waals surface area contributed by atoms with Gasteiger partial charge in [0.1, 0.15) is 0 Å². The summed E-state index contributed by atoms with van der Waals surface area (Å²) < 4.78 is 0. The van der Waals surface area contributed by atoms with Crippen molar-refractivity contribution in [3.63, 3.8) is 0 Å². The lowest BCUT2D eigenvalue weighted by Crippen LogP contribution is -2.55. The number of aliphatic hydroxyl groups is 1. The van der Waals surface area contributed by atoms with E-state index in [-0.39, 0.29) is 11.6 Å². The van der Waals surface area contributed by atoms with E-state index < -0.39 is 0 Å². The van der Waals surface area contributed by atoms with E-state index in [9.17, 15) is 0 Å². The van der Waals surface area contributed by atoms with Crippen molar-refractivity contribution < 1.29 is 5.11 Å². The van der Waals surface area contributed by atoms with E-state index in [1.807, 2.05) is 0 Å². The topological polar surface area (TPSA) is 49.5 Å². The van der Waals surface area contributed by atoms with Crippen LogP contribution in [-0.4, -0.2) is 41.3 Å². The summed E-state index contributed by atoms with van der Waals surface area (Å²) in [7, 11) is 0. The molecule has 3 N–H and O–H groups in total. The lowest BCUT2D eigenvalue weighted by molar-refractivity contribution is -0.00237. The standard InChI is InChI=1S/C7H14N2O/c8-7(1-2-7)5-9-3-6(10)4-9/h6,10H,1-5,8H2. The molecular formula is C7H14N2O. The van der Waals surface area contributed by atoms with Gasteiger partial charge in [-0.25, -0.2) is 0 Å². The Balaban J connectivity index is 1.72. The van der Waals surface area contributed by atoms with Crippen molar-refractivity contribution in [2.45, 2.75) is 24.5 Å². The molecule has 1 aliphatic carbocycles. The van der Waals surface area contributed by atoms with Crippen molar-refractivity contribution in [1.29, 1.82) is 0 Å². The van der Waals surface area contributed by atoms with Gasteiger partial charge in [-0.15, -0.1) is 0 Å². The monoisotopic (exact) mass is 142 g/mol. The Kier molecular flexibility index (Phi) is 1.27. The van der Waals surface area contributed by atoms with Crippen LogP contribution in [-0.2, 0) is 0 Å². The zero-order chi connectivity index (χ0) is 7.19. The number of nitrogens with zero attached hydrogens (tertiary/aromatic N) is 1. The molecule has 1 aliphatic heterocycles. The highest BCUT2D eigenvalue weighted by Gasteiger charge is 2.41. The molecule has 0 amide bonds. The van der Waals surface area contributed by atoms with E-state index in [0.29, 0.717) is 0 Å². The van der Waals surface area contributed by atoms with E-state index in [1.54, 1.807) is 0 Å². The van der Waals surface area contributed by atoms with Crippen molar-refractivity contribution in [3.05, 3.63) is 0 Å². The first-order chi connectivity index (χ1) is 4.68. The predicted octanol–water partition coefficient (Wildman–Crippen LogP) is -0.846. The van der Waals surface area contributed by atoms with Gasteiger partial charge in [0.05, 0.1) is 6.10 Å². The number of hydrogen-bond acceptors (Lipinski definition) is 3. The lowest BCUT2D eigenvalue weighted by atomic mass is 10.1. The molecule has 0 bridgehead atoms. The van der Waals surface area contributed by atoms with Crippen LogP contribution in [0.25, 0.3) is 0 Å². The van der Waals surface area contributed by atoms with Crippen molar-refractivity contribution in [2.24, 2.45) is 5.73 Å². The summed E-state index contributed by atoms with van der Waals surface area (Å²) in [5.41, 5.74) is 6.00. The SMILES string of the molecule is NC1(CN2CC(O)C2)CC1. The first kappa shape index (κ1) is 6.58. The summed E-state index contributed by atoms with van der Waals surface area (Å²) in [6.07, 6.45) is 2.25. The van der Waals surface area contributed by atoms with Crippen molar-refractivity contribution in [2.75, 3.05) is 19.6 Å². The van der Waals surface area contributed by atoms with Gasteiger partial charge in [-0.05, 0) is 12.8 Å². The minimum atomic E-state index is -0.0812. The van der Waals surface area contributed by atoms with Crippen molar-refractivity contribution >= 4 is 0 Å². The third-order valence-corrected chi connectivity index (χ3v) is 2.37. The molecule has 0 atom stereocenters. The minimum absolute atomic E-state index is 0.0812. The molecular weight excluding hydrogens is 128 g/mol. The highest BCUT2D eigenvalue weighted by atomic mass is 16.3. The molecule has 1 saturated carbocycles. The minimum Gasteiger partial charge on any atom is -0.390 e. The average molecular weight is 142 g/mol. The van der Waals surface area contributed by atoms with E-state index >= 15 is 0 Å². The van der Waals surface area contributed by atoms with E-state index in [1.165, 1.54) is 12.8 Å². The molecule has 0 aromatic rings. The third-order valence-electron chi connectivity index (χ3n) is 2.37. The smallest absolute Gasteiger partial charge is 0.0793 e. The lowest BCUT2D eigenvalue weighted by Gasteiger charge is -2.37. The third kappa shape index (κ3) is 1.17. The molecule has 3 heteroatoms. The first-order valence-electron chi connectivity index (χ1n) is 3.87. The van der Waals surface area contributed by atoms with Crippen LogP contribution in [0.2, 0.25) is 0 Å². The molecule has 58 valence electrons. The van der Waals surface area contributed by atoms with Crippen molar-refractivity contribution in [1.82, 2.24) is 4.90 Å². The van der Waals surface area contributed by atoms with Crippen LogP contribution in [0.15, 0.2) is 0 Å². The van der Waals surface area contributed by atoms with Gasteiger partial charge in [0.2, 0.25) is 0 Å². The first-order valence-corrected chi connectivity index (χ1v) is 3.87. The largest absolute Gasteiger partial charge is 0.390 e. The quantitative estimate of drug-likeness (QED) is 0.528. The Bertz CT molecular complexity index is 139. The average Bonchev–Trinajstić information content (AvgIpc) is 2.45. The summed E-state index contributed by atoms with van der Waals surface area (Å²) >= 11 is 0. The molecule has 0 radical (unpaired) electrons. The normalized spacial score (nSPS) is 31.8. The molecule has 0 aromatic carbocycles. The number of hydrogen-bond donors (Lipinski definition) is 2. The van der Waals surface area contributed by atoms with Gasteiger partial charge in [-0.3, -0.25) is 4.90 Å². The second kappa shape index (κ2) is 1.94. The molecule has 1 heterocycles. The number of rotatable bonds is 2. The van der Waals surface area contributed by atoms with Gasteiger partial charge in [0, 0.05) is 25.2 Å². The second-order valence-electron chi connectivity index (χ2n) is 3.71. The van der Waals surface area contributed by atoms with Crippen LogP contribution in [0, 0.1) is 0 Å².